The quantitative estimate of drug-likeness (QED) is 0.361. The number of aromatic nitrogens is 2. The highest BCUT2D eigenvalue weighted by Gasteiger charge is 2.60. The highest BCUT2D eigenvalue weighted by Crippen LogP contribution is 2.55. The summed E-state index contributed by atoms with van der Waals surface area (Å²) < 4.78 is 1.60. The van der Waals surface area contributed by atoms with Crippen LogP contribution in [0.1, 0.15) is 84.0 Å². The third kappa shape index (κ3) is 5.41. The van der Waals surface area contributed by atoms with Gasteiger partial charge >= 0.3 is 0 Å². The molecule has 0 bridgehead atoms. The van der Waals surface area contributed by atoms with Crippen molar-refractivity contribution in [3.8, 4) is 0 Å². The molecule has 2 amide bonds. The summed E-state index contributed by atoms with van der Waals surface area (Å²) in [6.45, 7) is 10.9. The van der Waals surface area contributed by atoms with Crippen LogP contribution in [0.5, 0.6) is 0 Å². The monoisotopic (exact) mass is 635 g/mol. The number of hydrogen-bond donors (Lipinski definition) is 1. The molecule has 234 valence electrons. The number of benzene rings is 1. The number of thiophene rings is 1. The number of nitrogens with one attached hydrogen (secondary N) is 1. The van der Waals surface area contributed by atoms with Crippen LogP contribution in [0.4, 0.5) is 0 Å². The van der Waals surface area contributed by atoms with Gasteiger partial charge in [0, 0.05) is 50.6 Å². The van der Waals surface area contributed by atoms with Crippen molar-refractivity contribution in [2.75, 3.05) is 26.2 Å². The molecule has 1 aliphatic carbocycles. The van der Waals surface area contributed by atoms with Gasteiger partial charge in [0.25, 0.3) is 0 Å². The molecule has 10 heteroatoms. The van der Waals surface area contributed by atoms with E-state index in [1.54, 1.807) is 16.6 Å². The molecular weight excluding hydrogens is 594 g/mol. The molecule has 1 saturated carbocycles. The molecule has 2 aromatic heterocycles. The number of hydrogen-bond acceptors (Lipinski definition) is 6. The number of ketones is 1. The first-order chi connectivity index (χ1) is 21.0. The van der Waals surface area contributed by atoms with Gasteiger partial charge in [0.15, 0.2) is 5.78 Å². The zero-order chi connectivity index (χ0) is 31.3. The lowest BCUT2D eigenvalue weighted by Gasteiger charge is -2.39. The molecule has 2 saturated heterocycles. The van der Waals surface area contributed by atoms with E-state index in [2.05, 4.69) is 55.5 Å². The van der Waals surface area contributed by atoms with Crippen molar-refractivity contribution >= 4 is 40.5 Å². The van der Waals surface area contributed by atoms with Crippen LogP contribution in [-0.4, -0.2) is 69.4 Å². The maximum Gasteiger partial charge on any atom is 0.246 e. The van der Waals surface area contributed by atoms with E-state index in [9.17, 15) is 14.4 Å². The number of nitrogens with zero attached hydrogens (tertiary/aromatic N) is 4. The van der Waals surface area contributed by atoms with E-state index in [1.807, 2.05) is 29.3 Å². The highest BCUT2D eigenvalue weighted by atomic mass is 35.5. The van der Waals surface area contributed by atoms with E-state index in [0.717, 1.165) is 30.4 Å². The van der Waals surface area contributed by atoms with Crippen molar-refractivity contribution in [3.63, 3.8) is 0 Å². The van der Waals surface area contributed by atoms with Crippen molar-refractivity contribution in [1.82, 2.24) is 24.9 Å². The Hall–Kier alpha value is -3.01. The van der Waals surface area contributed by atoms with E-state index < -0.39 is 23.9 Å². The number of amides is 2. The minimum Gasteiger partial charge on any atom is -0.338 e. The van der Waals surface area contributed by atoms with Crippen LogP contribution in [0, 0.1) is 18.8 Å². The molecule has 4 atom stereocenters. The van der Waals surface area contributed by atoms with Crippen LogP contribution in [0.2, 0.25) is 5.15 Å². The summed E-state index contributed by atoms with van der Waals surface area (Å²) in [6.07, 6.45) is 2.54. The number of piperazine rings is 1. The summed E-state index contributed by atoms with van der Waals surface area (Å²) in [6, 6.07) is 10.4. The standard InChI is InChI=1S/C34H42ClN5O3S/c1-20-25(31(35)38(5)37-20)28-27(30(41)24-10-7-19-44-24)26(21-11-13-23(14-12-21)34(2,3)4)29(33(43)39-17-15-36-16-18-39)40(28)32(42)22-8-6-9-22/h7,10-14,19,22,26-29,36H,6,8-9,15-18H2,1-5H3. The summed E-state index contributed by atoms with van der Waals surface area (Å²) >= 11 is 8.37. The van der Waals surface area contributed by atoms with E-state index in [-0.39, 0.29) is 28.9 Å². The van der Waals surface area contributed by atoms with Gasteiger partial charge in [-0.3, -0.25) is 19.1 Å². The van der Waals surface area contributed by atoms with E-state index in [1.165, 1.54) is 11.3 Å². The maximum absolute atomic E-state index is 14.8. The fourth-order valence-corrected chi connectivity index (χ4v) is 8.18. The average molecular weight is 636 g/mol. The van der Waals surface area contributed by atoms with Crippen LogP contribution in [0.15, 0.2) is 41.8 Å². The second-order valence-electron chi connectivity index (χ2n) is 13.5. The smallest absolute Gasteiger partial charge is 0.246 e. The van der Waals surface area contributed by atoms with E-state index in [4.69, 9.17) is 11.6 Å². The molecule has 8 nitrogen and oxygen atoms in total. The van der Waals surface area contributed by atoms with Gasteiger partial charge in [-0.05, 0) is 47.8 Å². The number of aryl methyl sites for hydroxylation is 2. The van der Waals surface area contributed by atoms with Crippen LogP contribution in [-0.2, 0) is 22.1 Å². The summed E-state index contributed by atoms with van der Waals surface area (Å²) in [4.78, 5) is 48.4. The normalized spacial score (nSPS) is 24.4. The summed E-state index contributed by atoms with van der Waals surface area (Å²) in [7, 11) is 1.77. The number of rotatable bonds is 6. The van der Waals surface area contributed by atoms with Crippen molar-refractivity contribution in [2.24, 2.45) is 18.9 Å². The van der Waals surface area contributed by atoms with Gasteiger partial charge in [0.1, 0.15) is 11.2 Å². The predicted octanol–water partition coefficient (Wildman–Crippen LogP) is 5.51. The molecular formula is C34H42ClN5O3S. The fraction of sp³-hybridized carbons (Fsp3) is 0.529. The first kappa shape index (κ1) is 31.0. The van der Waals surface area contributed by atoms with Crippen LogP contribution in [0.25, 0.3) is 0 Å². The van der Waals surface area contributed by atoms with Crippen molar-refractivity contribution in [1.29, 1.82) is 0 Å². The highest BCUT2D eigenvalue weighted by molar-refractivity contribution is 7.12. The largest absolute Gasteiger partial charge is 0.338 e. The van der Waals surface area contributed by atoms with Crippen molar-refractivity contribution in [2.45, 2.75) is 70.4 Å². The fourth-order valence-electron chi connectivity index (χ4n) is 7.18. The Morgan fingerprint density at radius 3 is 2.23 bits per heavy atom. The molecule has 3 fully saturated rings. The second kappa shape index (κ2) is 12.1. The molecule has 4 heterocycles. The summed E-state index contributed by atoms with van der Waals surface area (Å²) in [5, 5.41) is 10.2. The van der Waals surface area contributed by atoms with Crippen molar-refractivity contribution < 1.29 is 14.4 Å². The van der Waals surface area contributed by atoms with Gasteiger partial charge in [-0.1, -0.05) is 69.1 Å². The lowest BCUT2D eigenvalue weighted by Crippen LogP contribution is -2.56. The molecule has 1 aromatic carbocycles. The minimum atomic E-state index is -0.851. The van der Waals surface area contributed by atoms with Gasteiger partial charge in [-0.15, -0.1) is 11.3 Å². The summed E-state index contributed by atoms with van der Waals surface area (Å²) in [5.41, 5.74) is 3.30. The van der Waals surface area contributed by atoms with Gasteiger partial charge < -0.3 is 15.1 Å². The summed E-state index contributed by atoms with van der Waals surface area (Å²) in [5.74, 6) is -1.71. The topological polar surface area (TPSA) is 87.5 Å². The predicted molar refractivity (Wildman–Crippen MR) is 173 cm³/mol. The Morgan fingerprint density at radius 2 is 1.70 bits per heavy atom. The number of carbonyl (C=O) groups excluding carboxylic acids is 3. The van der Waals surface area contributed by atoms with Crippen LogP contribution < -0.4 is 5.32 Å². The molecule has 6 rings (SSSR count). The minimum absolute atomic E-state index is 0.0631. The third-order valence-electron chi connectivity index (χ3n) is 9.78. The van der Waals surface area contributed by atoms with Gasteiger partial charge in [0.2, 0.25) is 11.8 Å². The SMILES string of the molecule is Cc1nn(C)c(Cl)c1C1C(C(=O)c2cccs2)C(c2ccc(C(C)(C)C)cc2)C(C(=O)N2CCNCC2)N1C(=O)C1CCC1. The molecule has 0 radical (unpaired) electrons. The number of Topliss-reactive ketones (excluding diaryl/α,β-unsaturated/α-hetero) is 1. The van der Waals surface area contributed by atoms with Gasteiger partial charge in [-0.25, -0.2) is 0 Å². The zero-order valence-electron chi connectivity index (χ0n) is 26.2. The molecule has 4 unspecified atom stereocenters. The molecule has 3 aliphatic rings. The Labute approximate surface area is 268 Å². The number of carbonyl (C=O) groups is 3. The first-order valence-corrected chi connectivity index (χ1v) is 16.9. The van der Waals surface area contributed by atoms with Crippen molar-refractivity contribution in [3.05, 3.63) is 74.2 Å². The Morgan fingerprint density at radius 1 is 1.02 bits per heavy atom. The van der Waals surface area contributed by atoms with Gasteiger partial charge in [-0.2, -0.15) is 5.10 Å². The van der Waals surface area contributed by atoms with Crippen LogP contribution in [0.3, 0.4) is 0 Å². The van der Waals surface area contributed by atoms with Gasteiger partial charge in [0.05, 0.1) is 22.5 Å². The third-order valence-corrected chi connectivity index (χ3v) is 11.1. The lowest BCUT2D eigenvalue weighted by atomic mass is 9.76. The molecule has 1 N–H and O–H groups in total. The number of halogens is 1. The van der Waals surface area contributed by atoms with E-state index >= 15 is 0 Å². The molecule has 2 aliphatic heterocycles. The Balaban J connectivity index is 1.60. The zero-order valence-corrected chi connectivity index (χ0v) is 27.8. The van der Waals surface area contributed by atoms with E-state index in [0.29, 0.717) is 47.5 Å². The lowest BCUT2D eigenvalue weighted by molar-refractivity contribution is -0.150. The Bertz CT molecular complexity index is 1530. The molecule has 0 spiro atoms. The average Bonchev–Trinajstić information content (AvgIpc) is 3.68. The number of likely N-dealkylation sites (tertiary alicyclic amines) is 1. The Kier molecular flexibility index (Phi) is 8.50. The maximum atomic E-state index is 14.8. The molecule has 3 aromatic rings. The van der Waals surface area contributed by atoms with Crippen LogP contribution >= 0.6 is 22.9 Å². The second-order valence-corrected chi connectivity index (χ2v) is 14.8. The molecule has 44 heavy (non-hydrogen) atoms. The first-order valence-electron chi connectivity index (χ1n) is 15.7.